The molecule has 0 saturated heterocycles. The Hall–Kier alpha value is -2.51. The van der Waals surface area contributed by atoms with Crippen LogP contribution in [0.5, 0.6) is 0 Å². The summed E-state index contributed by atoms with van der Waals surface area (Å²) in [6, 6.07) is 10.2. The first kappa shape index (κ1) is 26.1. The minimum Gasteiger partial charge on any atom is -0.390 e. The van der Waals surface area contributed by atoms with Crippen LogP contribution >= 0.6 is 0 Å². The molecule has 1 fully saturated rings. The van der Waals surface area contributed by atoms with Crippen molar-refractivity contribution in [3.8, 4) is 0 Å². The number of primary amides is 1. The van der Waals surface area contributed by atoms with Crippen molar-refractivity contribution in [3.63, 3.8) is 0 Å². The molecule has 2 unspecified atom stereocenters. The molecular formula is C27H37F2N3O2. The molecule has 2 atom stereocenters. The zero-order valence-corrected chi connectivity index (χ0v) is 20.3. The number of aliphatic hydroxyl groups is 1. The van der Waals surface area contributed by atoms with Crippen molar-refractivity contribution in [2.75, 3.05) is 6.54 Å². The van der Waals surface area contributed by atoms with Gasteiger partial charge in [0.15, 0.2) is 0 Å². The second-order valence-electron chi connectivity index (χ2n) is 10.5. The summed E-state index contributed by atoms with van der Waals surface area (Å²) in [7, 11) is 0. The number of hydrogen-bond acceptors (Lipinski definition) is 3. The molecule has 0 aromatic heterocycles. The van der Waals surface area contributed by atoms with Crippen molar-refractivity contribution in [2.45, 2.75) is 82.4 Å². The van der Waals surface area contributed by atoms with E-state index in [1.165, 1.54) is 29.7 Å². The monoisotopic (exact) mass is 473 g/mol. The van der Waals surface area contributed by atoms with Gasteiger partial charge in [0.1, 0.15) is 11.6 Å². The van der Waals surface area contributed by atoms with Gasteiger partial charge in [-0.1, -0.05) is 64.3 Å². The van der Waals surface area contributed by atoms with Crippen molar-refractivity contribution in [1.29, 1.82) is 0 Å². The van der Waals surface area contributed by atoms with E-state index in [1.807, 2.05) is 0 Å². The van der Waals surface area contributed by atoms with Gasteiger partial charge in [0.25, 0.3) is 0 Å². The lowest BCUT2D eigenvalue weighted by Crippen LogP contribution is -2.54. The summed E-state index contributed by atoms with van der Waals surface area (Å²) in [4.78, 5) is 11.6. The van der Waals surface area contributed by atoms with E-state index in [-0.39, 0.29) is 23.9 Å². The van der Waals surface area contributed by atoms with Crippen LogP contribution in [0.4, 0.5) is 13.6 Å². The quantitative estimate of drug-likeness (QED) is 0.450. The van der Waals surface area contributed by atoms with Crippen LogP contribution in [-0.4, -0.2) is 29.8 Å². The van der Waals surface area contributed by atoms with Crippen LogP contribution < -0.4 is 16.4 Å². The molecule has 1 saturated carbocycles. The average molecular weight is 474 g/mol. The average Bonchev–Trinajstić information content (AvgIpc) is 2.76. The Bertz CT molecular complexity index is 964. The molecule has 1 aliphatic carbocycles. The number of amides is 2. The molecule has 2 amide bonds. The lowest BCUT2D eigenvalue weighted by atomic mass is 9.74. The van der Waals surface area contributed by atoms with E-state index in [2.05, 4.69) is 55.7 Å². The molecule has 7 heteroatoms. The van der Waals surface area contributed by atoms with Gasteiger partial charge >= 0.3 is 6.03 Å². The van der Waals surface area contributed by atoms with Crippen molar-refractivity contribution in [1.82, 2.24) is 10.6 Å². The van der Waals surface area contributed by atoms with Gasteiger partial charge in [0.2, 0.25) is 0 Å². The van der Waals surface area contributed by atoms with Crippen molar-refractivity contribution >= 4 is 6.03 Å². The first-order chi connectivity index (χ1) is 16.0. The number of urea groups is 1. The van der Waals surface area contributed by atoms with E-state index in [4.69, 9.17) is 5.73 Å². The molecule has 0 bridgehead atoms. The number of benzene rings is 2. The molecule has 0 heterocycles. The van der Waals surface area contributed by atoms with Crippen LogP contribution in [0.25, 0.3) is 0 Å². The molecule has 1 aliphatic rings. The standard InChI is InChI=1S/C27H37F2N3O2/c1-26(2,3)19-8-7-9-20(15-19)27(10-5-4-6-11-27)31-17-24(33)23(32-25(30)34)14-18-12-21(28)16-22(29)13-18/h7-9,12-13,15-16,23-24,31,33H,4-6,10-11,14,17H2,1-3H3,(H3,30,32,34). The highest BCUT2D eigenvalue weighted by molar-refractivity contribution is 5.72. The molecular weight excluding hydrogens is 436 g/mol. The van der Waals surface area contributed by atoms with Crippen LogP contribution in [-0.2, 0) is 17.4 Å². The largest absolute Gasteiger partial charge is 0.390 e. The summed E-state index contributed by atoms with van der Waals surface area (Å²) in [5, 5.41) is 17.2. The van der Waals surface area contributed by atoms with Gasteiger partial charge in [-0.15, -0.1) is 0 Å². The smallest absolute Gasteiger partial charge is 0.312 e. The lowest BCUT2D eigenvalue weighted by molar-refractivity contribution is 0.106. The number of aliphatic hydroxyl groups excluding tert-OH is 1. The molecule has 3 rings (SSSR count). The highest BCUT2D eigenvalue weighted by Crippen LogP contribution is 2.38. The van der Waals surface area contributed by atoms with Crippen molar-refractivity contribution < 1.29 is 18.7 Å². The van der Waals surface area contributed by atoms with Gasteiger partial charge < -0.3 is 21.5 Å². The van der Waals surface area contributed by atoms with Crippen LogP contribution in [0.1, 0.15) is 69.6 Å². The Morgan fingerprint density at radius 2 is 1.74 bits per heavy atom. The van der Waals surface area contributed by atoms with E-state index in [0.717, 1.165) is 31.7 Å². The number of halogens is 2. The minimum absolute atomic E-state index is 0.0160. The molecule has 0 spiro atoms. The van der Waals surface area contributed by atoms with E-state index in [1.54, 1.807) is 0 Å². The van der Waals surface area contributed by atoms with Gasteiger partial charge in [0.05, 0.1) is 12.1 Å². The lowest BCUT2D eigenvalue weighted by Gasteiger charge is -2.41. The number of nitrogens with one attached hydrogen (secondary N) is 2. The SMILES string of the molecule is CC(C)(C)c1cccc(C2(NCC(O)C(Cc3cc(F)cc(F)c3)NC(N)=O)CCCCC2)c1. The molecule has 0 aliphatic heterocycles. The molecule has 0 radical (unpaired) electrons. The number of rotatable bonds is 8. The predicted octanol–water partition coefficient (Wildman–Crippen LogP) is 4.65. The minimum atomic E-state index is -1.01. The maximum absolute atomic E-state index is 13.7. The van der Waals surface area contributed by atoms with Crippen LogP contribution in [0.3, 0.4) is 0 Å². The Morgan fingerprint density at radius 1 is 1.09 bits per heavy atom. The first-order valence-electron chi connectivity index (χ1n) is 12.0. The van der Waals surface area contributed by atoms with Crippen LogP contribution in [0.2, 0.25) is 0 Å². The zero-order chi connectivity index (χ0) is 24.9. The fourth-order valence-electron chi connectivity index (χ4n) is 4.90. The summed E-state index contributed by atoms with van der Waals surface area (Å²) in [6.45, 7) is 6.76. The fraction of sp³-hybridized carbons (Fsp3) is 0.519. The molecule has 34 heavy (non-hydrogen) atoms. The third kappa shape index (κ3) is 6.76. The maximum Gasteiger partial charge on any atom is 0.312 e. The summed E-state index contributed by atoms with van der Waals surface area (Å²) >= 11 is 0. The Kier molecular flexibility index (Phi) is 8.31. The first-order valence-corrected chi connectivity index (χ1v) is 12.0. The van der Waals surface area contributed by atoms with E-state index < -0.39 is 29.8 Å². The second kappa shape index (κ2) is 10.8. The molecule has 186 valence electrons. The third-order valence-corrected chi connectivity index (χ3v) is 6.81. The van der Waals surface area contributed by atoms with Crippen molar-refractivity contribution in [3.05, 3.63) is 70.8 Å². The number of nitrogens with two attached hydrogens (primary N) is 1. The molecule has 2 aromatic rings. The predicted molar refractivity (Wildman–Crippen MR) is 130 cm³/mol. The summed E-state index contributed by atoms with van der Waals surface area (Å²) in [5.74, 6) is -1.42. The van der Waals surface area contributed by atoms with Crippen LogP contribution in [0.15, 0.2) is 42.5 Å². The van der Waals surface area contributed by atoms with Gasteiger partial charge in [-0.2, -0.15) is 0 Å². The summed E-state index contributed by atoms with van der Waals surface area (Å²) < 4.78 is 27.3. The topological polar surface area (TPSA) is 87.4 Å². The summed E-state index contributed by atoms with van der Waals surface area (Å²) in [5.41, 5.74) is 7.83. The number of carbonyl (C=O) groups is 1. The van der Waals surface area contributed by atoms with E-state index in [9.17, 15) is 18.7 Å². The highest BCUT2D eigenvalue weighted by atomic mass is 19.1. The van der Waals surface area contributed by atoms with Gasteiger partial charge in [-0.05, 0) is 53.5 Å². The van der Waals surface area contributed by atoms with Gasteiger partial charge in [-0.3, -0.25) is 0 Å². The zero-order valence-electron chi connectivity index (χ0n) is 20.3. The second-order valence-corrected chi connectivity index (χ2v) is 10.5. The Morgan fingerprint density at radius 3 is 2.32 bits per heavy atom. The molecule has 5 N–H and O–H groups in total. The fourth-order valence-corrected chi connectivity index (χ4v) is 4.90. The number of hydrogen-bond donors (Lipinski definition) is 4. The maximum atomic E-state index is 13.7. The van der Waals surface area contributed by atoms with Gasteiger partial charge in [0, 0.05) is 18.2 Å². The van der Waals surface area contributed by atoms with E-state index in [0.29, 0.717) is 5.56 Å². The Labute approximate surface area is 201 Å². The molecule has 5 nitrogen and oxygen atoms in total. The Balaban J connectivity index is 1.80. The summed E-state index contributed by atoms with van der Waals surface area (Å²) in [6.07, 6.45) is 4.24. The van der Waals surface area contributed by atoms with E-state index >= 15 is 0 Å². The van der Waals surface area contributed by atoms with Crippen molar-refractivity contribution in [2.24, 2.45) is 5.73 Å². The normalized spacial score (nSPS) is 17.7. The highest BCUT2D eigenvalue weighted by Gasteiger charge is 2.35. The third-order valence-electron chi connectivity index (χ3n) is 6.81. The van der Waals surface area contributed by atoms with Crippen LogP contribution in [0, 0.1) is 11.6 Å². The molecule has 2 aromatic carbocycles. The number of carbonyl (C=O) groups excluding carboxylic acids is 1. The van der Waals surface area contributed by atoms with Gasteiger partial charge in [-0.25, -0.2) is 13.6 Å².